The van der Waals surface area contributed by atoms with E-state index >= 15 is 0 Å². The molecule has 0 amide bonds. The molecule has 0 unspecified atom stereocenters. The Kier molecular flexibility index (Phi) is 14.4. The van der Waals surface area contributed by atoms with E-state index in [0.717, 1.165) is 19.5 Å². The SMILES string of the molecule is OCCC(=S)CC(CC(=S)CCO)(CC(=S)CCO)CC(=S)CCO. The lowest BCUT2D eigenvalue weighted by Gasteiger charge is -2.35. The summed E-state index contributed by atoms with van der Waals surface area (Å²) < 4.78 is 0. The molecule has 4 N–H and O–H groups in total. The molecule has 144 valence electrons. The van der Waals surface area contributed by atoms with Crippen LogP contribution in [0.25, 0.3) is 0 Å². The quantitative estimate of drug-likeness (QED) is 0.282. The van der Waals surface area contributed by atoms with Gasteiger partial charge in [-0.15, -0.1) is 0 Å². The van der Waals surface area contributed by atoms with Crippen LogP contribution in [0.1, 0.15) is 51.4 Å². The van der Waals surface area contributed by atoms with Crippen LogP contribution in [0.15, 0.2) is 0 Å². The summed E-state index contributed by atoms with van der Waals surface area (Å²) >= 11 is 21.7. The van der Waals surface area contributed by atoms with Gasteiger partial charge in [-0.1, -0.05) is 48.9 Å². The molecule has 25 heavy (non-hydrogen) atoms. The fraction of sp³-hybridized carbons (Fsp3) is 0.765. The summed E-state index contributed by atoms with van der Waals surface area (Å²) in [6.45, 7) is -0.0628. The minimum atomic E-state index is -0.420. The molecule has 0 saturated carbocycles. The van der Waals surface area contributed by atoms with Gasteiger partial charge < -0.3 is 20.4 Å². The van der Waals surface area contributed by atoms with Gasteiger partial charge in [-0.25, -0.2) is 0 Å². The molecular formula is C17H28O4S4. The van der Waals surface area contributed by atoms with Gasteiger partial charge in [-0.2, -0.15) is 0 Å². The highest BCUT2D eigenvalue weighted by Crippen LogP contribution is 2.39. The first-order valence-electron chi connectivity index (χ1n) is 8.32. The van der Waals surface area contributed by atoms with E-state index in [1.165, 1.54) is 0 Å². The number of rotatable bonds is 16. The second-order valence-electron chi connectivity index (χ2n) is 6.26. The third-order valence-corrected chi connectivity index (χ3v) is 5.25. The largest absolute Gasteiger partial charge is 0.396 e. The Balaban J connectivity index is 5.55. The van der Waals surface area contributed by atoms with Gasteiger partial charge in [0, 0.05) is 52.1 Å². The summed E-state index contributed by atoms with van der Waals surface area (Å²) in [5, 5.41) is 36.7. The smallest absolute Gasteiger partial charge is 0.0476 e. The van der Waals surface area contributed by atoms with E-state index in [-0.39, 0.29) is 26.4 Å². The Hall–Kier alpha value is 0.200. The van der Waals surface area contributed by atoms with Crippen molar-refractivity contribution in [2.45, 2.75) is 51.4 Å². The highest BCUT2D eigenvalue weighted by Gasteiger charge is 2.34. The van der Waals surface area contributed by atoms with Crippen LogP contribution in [0.4, 0.5) is 0 Å². The molecule has 0 aliphatic carbocycles. The van der Waals surface area contributed by atoms with Crippen molar-refractivity contribution < 1.29 is 20.4 Å². The predicted molar refractivity (Wildman–Crippen MR) is 118 cm³/mol. The van der Waals surface area contributed by atoms with E-state index in [0.29, 0.717) is 51.4 Å². The van der Waals surface area contributed by atoms with Crippen LogP contribution in [0.3, 0.4) is 0 Å². The number of aliphatic hydroxyl groups is 4. The van der Waals surface area contributed by atoms with Crippen molar-refractivity contribution >= 4 is 68.3 Å². The van der Waals surface area contributed by atoms with Gasteiger partial charge in [0.05, 0.1) is 0 Å². The molecule has 4 nitrogen and oxygen atoms in total. The molecule has 0 rings (SSSR count). The van der Waals surface area contributed by atoms with Crippen molar-refractivity contribution in [3.05, 3.63) is 0 Å². The summed E-state index contributed by atoms with van der Waals surface area (Å²) in [7, 11) is 0. The summed E-state index contributed by atoms with van der Waals surface area (Å²) in [5.74, 6) is 0. The molecule has 0 aromatic rings. The van der Waals surface area contributed by atoms with Gasteiger partial charge >= 0.3 is 0 Å². The normalized spacial score (nSPS) is 11.4. The van der Waals surface area contributed by atoms with E-state index < -0.39 is 5.41 Å². The lowest BCUT2D eigenvalue weighted by Crippen LogP contribution is -2.32. The summed E-state index contributed by atoms with van der Waals surface area (Å²) in [6, 6.07) is 0. The van der Waals surface area contributed by atoms with Gasteiger partial charge in [-0.3, -0.25) is 0 Å². The Morgan fingerprint density at radius 2 is 0.680 bits per heavy atom. The molecule has 0 heterocycles. The average Bonchev–Trinajstić information content (AvgIpc) is 2.47. The van der Waals surface area contributed by atoms with E-state index in [2.05, 4.69) is 0 Å². The maximum atomic E-state index is 9.17. The third-order valence-electron chi connectivity index (χ3n) is 3.85. The number of thiocarbonyl (C=S) groups is 4. The lowest BCUT2D eigenvalue weighted by molar-refractivity contribution is 0.289. The Morgan fingerprint density at radius 3 is 0.840 bits per heavy atom. The minimum Gasteiger partial charge on any atom is -0.396 e. The minimum absolute atomic E-state index is 0.0157. The predicted octanol–water partition coefficient (Wildman–Crippen LogP) is 2.54. The zero-order valence-corrected chi connectivity index (χ0v) is 17.7. The average molecular weight is 425 g/mol. The molecule has 0 aliphatic rings. The molecule has 0 fully saturated rings. The van der Waals surface area contributed by atoms with E-state index in [9.17, 15) is 0 Å². The van der Waals surface area contributed by atoms with Crippen LogP contribution in [0.5, 0.6) is 0 Å². The molecule has 0 atom stereocenters. The number of aliphatic hydroxyl groups excluding tert-OH is 4. The molecule has 0 spiro atoms. The molecule has 0 aliphatic heterocycles. The highest BCUT2D eigenvalue weighted by atomic mass is 32.1. The number of hydrogen-bond acceptors (Lipinski definition) is 8. The fourth-order valence-electron chi connectivity index (χ4n) is 2.90. The first kappa shape index (κ1) is 25.2. The molecular weight excluding hydrogens is 396 g/mol. The van der Waals surface area contributed by atoms with Crippen LogP contribution in [-0.2, 0) is 0 Å². The van der Waals surface area contributed by atoms with Gasteiger partial charge in [0.15, 0.2) is 0 Å². The maximum Gasteiger partial charge on any atom is 0.0476 e. The van der Waals surface area contributed by atoms with E-state index in [4.69, 9.17) is 69.3 Å². The molecule has 0 radical (unpaired) electrons. The van der Waals surface area contributed by atoms with Gasteiger partial charge in [-0.05, 0) is 50.6 Å². The van der Waals surface area contributed by atoms with Crippen LogP contribution >= 0.6 is 48.9 Å². The summed E-state index contributed by atoms with van der Waals surface area (Å²) in [4.78, 5) is 2.92. The standard InChI is InChI=1S/C17H28O4S4/c18-5-1-13(22)9-17(10-14(23)2-6-19,11-15(24)3-7-20)12-16(25)4-8-21/h18-21H,1-12H2. The van der Waals surface area contributed by atoms with E-state index in [1.54, 1.807) is 0 Å². The summed E-state index contributed by atoms with van der Waals surface area (Å²) in [5.41, 5.74) is -0.420. The Labute approximate surface area is 171 Å². The van der Waals surface area contributed by atoms with Crippen molar-refractivity contribution in [1.29, 1.82) is 0 Å². The van der Waals surface area contributed by atoms with Crippen molar-refractivity contribution in [3.8, 4) is 0 Å². The van der Waals surface area contributed by atoms with Crippen molar-refractivity contribution in [2.24, 2.45) is 5.41 Å². The Morgan fingerprint density at radius 1 is 0.480 bits per heavy atom. The molecule has 0 aromatic carbocycles. The molecule has 8 heteroatoms. The second-order valence-corrected chi connectivity index (χ2v) is 8.57. The van der Waals surface area contributed by atoms with Crippen molar-refractivity contribution in [3.63, 3.8) is 0 Å². The van der Waals surface area contributed by atoms with E-state index in [1.807, 2.05) is 0 Å². The van der Waals surface area contributed by atoms with Crippen LogP contribution in [0, 0.1) is 5.41 Å². The molecule has 0 aromatic heterocycles. The first-order chi connectivity index (χ1) is 11.8. The number of hydrogen-bond donors (Lipinski definition) is 4. The van der Waals surface area contributed by atoms with Crippen LogP contribution in [0.2, 0.25) is 0 Å². The van der Waals surface area contributed by atoms with Crippen molar-refractivity contribution in [1.82, 2.24) is 0 Å². The molecule has 0 saturated heterocycles. The van der Waals surface area contributed by atoms with Crippen molar-refractivity contribution in [2.75, 3.05) is 26.4 Å². The second kappa shape index (κ2) is 14.3. The first-order valence-corrected chi connectivity index (χ1v) is 9.96. The fourth-order valence-corrected chi connectivity index (χ4v) is 4.49. The zero-order valence-electron chi connectivity index (χ0n) is 14.4. The Bertz CT molecular complexity index is 380. The maximum absolute atomic E-state index is 9.17. The topological polar surface area (TPSA) is 80.9 Å². The van der Waals surface area contributed by atoms with Gasteiger partial charge in [0.1, 0.15) is 0 Å². The third kappa shape index (κ3) is 11.5. The zero-order chi connectivity index (χ0) is 19.3. The highest BCUT2D eigenvalue weighted by molar-refractivity contribution is 7.81. The van der Waals surface area contributed by atoms with Gasteiger partial charge in [0.2, 0.25) is 0 Å². The lowest BCUT2D eigenvalue weighted by atomic mass is 9.70. The molecule has 0 bridgehead atoms. The van der Waals surface area contributed by atoms with Gasteiger partial charge in [0.25, 0.3) is 0 Å². The monoisotopic (exact) mass is 424 g/mol. The van der Waals surface area contributed by atoms with Crippen LogP contribution in [-0.4, -0.2) is 66.3 Å². The van der Waals surface area contributed by atoms with Crippen LogP contribution < -0.4 is 0 Å². The summed E-state index contributed by atoms with van der Waals surface area (Å²) in [6.07, 6.45) is 3.81.